The van der Waals surface area contributed by atoms with Crippen LogP contribution in [0.1, 0.15) is 37.4 Å². The average molecular weight is 378 g/mol. The smallest absolute Gasteiger partial charge is 0.234 e. The molecule has 2 aromatic carbocycles. The largest absolute Gasteiger partial charge is 0.375 e. The van der Waals surface area contributed by atoms with Crippen LogP contribution >= 0.6 is 0 Å². The van der Waals surface area contributed by atoms with Crippen molar-refractivity contribution in [2.24, 2.45) is 11.0 Å². The summed E-state index contributed by atoms with van der Waals surface area (Å²) < 4.78 is 5.97. The number of benzene rings is 2. The molecule has 1 aliphatic heterocycles. The summed E-state index contributed by atoms with van der Waals surface area (Å²) in [5, 5.41) is 3.76. The highest BCUT2D eigenvalue weighted by Gasteiger charge is 2.50. The van der Waals surface area contributed by atoms with E-state index in [2.05, 4.69) is 23.9 Å². The molecule has 0 aliphatic carbocycles. The molecule has 6 nitrogen and oxygen atoms in total. The van der Waals surface area contributed by atoms with Gasteiger partial charge in [-0.3, -0.25) is 4.79 Å². The summed E-state index contributed by atoms with van der Waals surface area (Å²) >= 11 is 0. The van der Waals surface area contributed by atoms with Crippen molar-refractivity contribution < 1.29 is 9.53 Å². The van der Waals surface area contributed by atoms with E-state index in [1.807, 2.05) is 65.6 Å². The number of rotatable bonds is 9. The molecule has 2 aromatic rings. The van der Waals surface area contributed by atoms with E-state index in [-0.39, 0.29) is 18.0 Å². The molecule has 0 saturated carbocycles. The topological polar surface area (TPSA) is 78.3 Å². The van der Waals surface area contributed by atoms with Crippen molar-refractivity contribution in [2.75, 3.05) is 6.61 Å². The number of hydrogen-bond donors (Lipinski definition) is 0. The van der Waals surface area contributed by atoms with Crippen LogP contribution in [0.2, 0.25) is 0 Å². The number of carbonyl (C=O) groups is 1. The Morgan fingerprint density at radius 1 is 1.11 bits per heavy atom. The van der Waals surface area contributed by atoms with Crippen molar-refractivity contribution in [3.8, 4) is 0 Å². The zero-order chi connectivity index (χ0) is 19.9. The quantitative estimate of drug-likeness (QED) is 0.270. The molecule has 0 aromatic heterocycles. The van der Waals surface area contributed by atoms with Crippen molar-refractivity contribution in [1.29, 1.82) is 0 Å². The van der Waals surface area contributed by atoms with Gasteiger partial charge < -0.3 is 9.64 Å². The van der Waals surface area contributed by atoms with Crippen LogP contribution in [0.15, 0.2) is 65.8 Å². The van der Waals surface area contributed by atoms with Crippen molar-refractivity contribution in [1.82, 2.24) is 4.90 Å². The Morgan fingerprint density at radius 2 is 1.75 bits per heavy atom. The summed E-state index contributed by atoms with van der Waals surface area (Å²) in [5.74, 6) is 0.286. The van der Waals surface area contributed by atoms with Gasteiger partial charge >= 0.3 is 0 Å². The Bertz CT molecular complexity index is 819. The maximum absolute atomic E-state index is 12.8. The van der Waals surface area contributed by atoms with Gasteiger partial charge in [0.15, 0.2) is 0 Å². The van der Waals surface area contributed by atoms with Crippen LogP contribution in [0.4, 0.5) is 0 Å². The van der Waals surface area contributed by atoms with Crippen LogP contribution in [0.25, 0.3) is 10.4 Å². The second-order valence-corrected chi connectivity index (χ2v) is 7.53. The molecule has 0 bridgehead atoms. The summed E-state index contributed by atoms with van der Waals surface area (Å²) in [5.41, 5.74) is 11.0. The highest BCUT2D eigenvalue weighted by atomic mass is 16.5. The highest BCUT2D eigenvalue weighted by Crippen LogP contribution is 2.40. The van der Waals surface area contributed by atoms with Crippen molar-refractivity contribution in [2.45, 2.75) is 45.0 Å². The second-order valence-electron chi connectivity index (χ2n) is 7.53. The minimum absolute atomic E-state index is 0.0634. The molecule has 0 radical (unpaired) electrons. The SMILES string of the molecule is CC(C)C[C@@H](COCc1ccccc1)N1C(=O)[C@H](N=[N+]=[N-])[C@@H]1c1ccccc1. The molecule has 1 saturated heterocycles. The molecule has 1 fully saturated rings. The minimum Gasteiger partial charge on any atom is -0.375 e. The average Bonchev–Trinajstić information content (AvgIpc) is 2.70. The van der Waals surface area contributed by atoms with E-state index in [0.29, 0.717) is 19.1 Å². The molecule has 1 amide bonds. The van der Waals surface area contributed by atoms with Crippen LogP contribution in [-0.4, -0.2) is 29.5 Å². The van der Waals surface area contributed by atoms with Gasteiger partial charge in [-0.1, -0.05) is 79.6 Å². The minimum atomic E-state index is -0.684. The fourth-order valence-corrected chi connectivity index (χ4v) is 3.76. The molecule has 0 unspecified atom stereocenters. The molecule has 28 heavy (non-hydrogen) atoms. The van der Waals surface area contributed by atoms with Gasteiger partial charge in [0.25, 0.3) is 0 Å². The maximum atomic E-state index is 12.8. The number of nitrogens with zero attached hydrogens (tertiary/aromatic N) is 4. The van der Waals surface area contributed by atoms with E-state index < -0.39 is 6.04 Å². The summed E-state index contributed by atoms with van der Waals surface area (Å²) in [4.78, 5) is 17.5. The fraction of sp³-hybridized carbons (Fsp3) is 0.409. The van der Waals surface area contributed by atoms with Crippen molar-refractivity contribution in [3.63, 3.8) is 0 Å². The molecule has 1 aliphatic rings. The number of likely N-dealkylation sites (tertiary alicyclic amines) is 1. The van der Waals surface area contributed by atoms with Crippen molar-refractivity contribution >= 4 is 5.91 Å². The molecule has 3 atom stereocenters. The first-order valence-corrected chi connectivity index (χ1v) is 9.64. The predicted octanol–water partition coefficient (Wildman–Crippen LogP) is 4.88. The van der Waals surface area contributed by atoms with Gasteiger partial charge in [-0.05, 0) is 29.0 Å². The van der Waals surface area contributed by atoms with E-state index in [4.69, 9.17) is 10.3 Å². The third-order valence-corrected chi connectivity index (χ3v) is 4.98. The van der Waals surface area contributed by atoms with E-state index >= 15 is 0 Å². The molecule has 1 heterocycles. The maximum Gasteiger partial charge on any atom is 0.234 e. The molecule has 0 N–H and O–H groups in total. The van der Waals surface area contributed by atoms with Crippen LogP contribution in [-0.2, 0) is 16.1 Å². The van der Waals surface area contributed by atoms with Gasteiger partial charge in [-0.2, -0.15) is 0 Å². The van der Waals surface area contributed by atoms with E-state index in [0.717, 1.165) is 17.5 Å². The standard InChI is InChI=1S/C22H26N4O2/c1-16(2)13-19(15-28-14-17-9-5-3-6-10-17)26-21(18-11-7-4-8-12-18)20(22(26)27)24-25-23/h3-12,16,19-21H,13-15H2,1-2H3/t19-,20+,21-/m0/s1. The van der Waals surface area contributed by atoms with Crippen LogP contribution in [0, 0.1) is 5.92 Å². The summed E-state index contributed by atoms with van der Waals surface area (Å²) in [6.45, 7) is 5.23. The Balaban J connectivity index is 1.77. The third kappa shape index (κ3) is 4.53. The lowest BCUT2D eigenvalue weighted by Gasteiger charge is -2.50. The molecule has 0 spiro atoms. The number of amides is 1. The highest BCUT2D eigenvalue weighted by molar-refractivity contribution is 5.90. The number of carbonyl (C=O) groups excluding carboxylic acids is 1. The van der Waals surface area contributed by atoms with Gasteiger partial charge in [0.1, 0.15) is 6.04 Å². The van der Waals surface area contributed by atoms with E-state index in [1.165, 1.54) is 0 Å². The molecule has 6 heteroatoms. The van der Waals surface area contributed by atoms with E-state index in [1.54, 1.807) is 0 Å². The first kappa shape index (κ1) is 19.9. The fourth-order valence-electron chi connectivity index (χ4n) is 3.76. The summed E-state index contributed by atoms with van der Waals surface area (Å²) in [7, 11) is 0. The Labute approximate surface area is 165 Å². The lowest BCUT2D eigenvalue weighted by Crippen LogP contribution is -2.62. The van der Waals surface area contributed by atoms with Gasteiger partial charge in [0.2, 0.25) is 5.91 Å². The zero-order valence-electron chi connectivity index (χ0n) is 16.3. The van der Waals surface area contributed by atoms with Crippen LogP contribution in [0.3, 0.4) is 0 Å². The first-order valence-electron chi connectivity index (χ1n) is 9.64. The summed E-state index contributed by atoms with van der Waals surface area (Å²) in [6.07, 6.45) is 0.826. The lowest BCUT2D eigenvalue weighted by atomic mass is 9.85. The molecule has 3 rings (SSSR count). The monoisotopic (exact) mass is 378 g/mol. The van der Waals surface area contributed by atoms with Crippen LogP contribution < -0.4 is 0 Å². The third-order valence-electron chi connectivity index (χ3n) is 4.98. The molecular weight excluding hydrogens is 352 g/mol. The Hall–Kier alpha value is -2.82. The zero-order valence-corrected chi connectivity index (χ0v) is 16.3. The second kappa shape index (κ2) is 9.40. The Kier molecular flexibility index (Phi) is 6.69. The van der Waals surface area contributed by atoms with E-state index in [9.17, 15) is 4.79 Å². The normalized spacial score (nSPS) is 19.8. The lowest BCUT2D eigenvalue weighted by molar-refractivity contribution is -0.157. The number of ether oxygens (including phenoxy) is 1. The molecule has 146 valence electrons. The van der Waals surface area contributed by atoms with Gasteiger partial charge in [0, 0.05) is 4.91 Å². The van der Waals surface area contributed by atoms with Crippen molar-refractivity contribution in [3.05, 3.63) is 82.2 Å². The number of β-lactam (4-membered cyclic amide) rings is 1. The van der Waals surface area contributed by atoms with Gasteiger partial charge in [-0.25, -0.2) is 0 Å². The van der Waals surface area contributed by atoms with Gasteiger partial charge in [0.05, 0.1) is 25.3 Å². The van der Waals surface area contributed by atoms with Gasteiger partial charge in [-0.15, -0.1) is 0 Å². The number of hydrogen-bond acceptors (Lipinski definition) is 3. The first-order chi connectivity index (χ1) is 13.6. The Morgan fingerprint density at radius 3 is 2.36 bits per heavy atom. The number of azide groups is 1. The summed E-state index contributed by atoms with van der Waals surface area (Å²) in [6, 6.07) is 18.8. The predicted molar refractivity (Wildman–Crippen MR) is 108 cm³/mol. The van der Waals surface area contributed by atoms with Crippen LogP contribution in [0.5, 0.6) is 0 Å². The molecular formula is C22H26N4O2.